The number of nitrogens with one attached hydrogen (secondary N) is 1. The van der Waals surface area contributed by atoms with Crippen LogP contribution in [-0.4, -0.2) is 35.2 Å². The molecule has 0 aromatic heterocycles. The van der Waals surface area contributed by atoms with E-state index in [2.05, 4.69) is 5.32 Å². The fraction of sp³-hybridized carbons (Fsp3) is 0.250. The van der Waals surface area contributed by atoms with Gasteiger partial charge in [-0.1, -0.05) is 0 Å². The van der Waals surface area contributed by atoms with Gasteiger partial charge in [0.15, 0.2) is 0 Å². The van der Waals surface area contributed by atoms with Crippen LogP contribution in [0.15, 0.2) is 18.2 Å². The number of carboxylic acids is 2. The van der Waals surface area contributed by atoms with E-state index in [1.165, 1.54) is 25.3 Å². The van der Waals surface area contributed by atoms with E-state index in [0.717, 1.165) is 0 Å². The molecule has 1 rings (SSSR count). The van der Waals surface area contributed by atoms with Gasteiger partial charge in [-0.05, 0) is 18.2 Å². The summed E-state index contributed by atoms with van der Waals surface area (Å²) < 4.78 is 4.98. The van der Waals surface area contributed by atoms with Crippen LogP contribution >= 0.6 is 0 Å². The summed E-state index contributed by atoms with van der Waals surface area (Å²) in [6, 6.07) is 4.00. The van der Waals surface area contributed by atoms with E-state index < -0.39 is 17.8 Å². The minimum absolute atomic E-state index is 0.00525. The van der Waals surface area contributed by atoms with Crippen LogP contribution in [0.2, 0.25) is 0 Å². The van der Waals surface area contributed by atoms with Crippen LogP contribution in [0.4, 0.5) is 5.69 Å². The van der Waals surface area contributed by atoms with Gasteiger partial charge in [-0.15, -0.1) is 0 Å². The quantitative estimate of drug-likeness (QED) is 0.713. The van der Waals surface area contributed by atoms with E-state index in [-0.39, 0.29) is 24.1 Å². The predicted octanol–water partition coefficient (Wildman–Crippen LogP) is 1.20. The number of hydrogen-bond acceptors (Lipinski definition) is 4. The van der Waals surface area contributed by atoms with E-state index in [0.29, 0.717) is 5.75 Å². The fourth-order valence-electron chi connectivity index (χ4n) is 1.37. The molecule has 0 fully saturated rings. The first-order valence-corrected chi connectivity index (χ1v) is 5.37. The Morgan fingerprint density at radius 2 is 1.89 bits per heavy atom. The zero-order valence-corrected chi connectivity index (χ0v) is 10.2. The highest BCUT2D eigenvalue weighted by Gasteiger charge is 2.12. The van der Waals surface area contributed by atoms with Gasteiger partial charge in [0.25, 0.3) is 0 Å². The molecule has 1 aromatic rings. The SMILES string of the molecule is COc1ccc(C(=O)O)cc1NC(=O)CCC(=O)O. The third-order valence-electron chi connectivity index (χ3n) is 2.29. The molecule has 0 saturated heterocycles. The van der Waals surface area contributed by atoms with Gasteiger partial charge in [0.2, 0.25) is 5.91 Å². The van der Waals surface area contributed by atoms with E-state index in [1.807, 2.05) is 0 Å². The molecule has 19 heavy (non-hydrogen) atoms. The molecular weight excluding hydrogens is 254 g/mol. The Morgan fingerprint density at radius 3 is 2.42 bits per heavy atom. The maximum absolute atomic E-state index is 11.5. The zero-order chi connectivity index (χ0) is 14.4. The second-order valence-electron chi connectivity index (χ2n) is 3.66. The first-order chi connectivity index (χ1) is 8.93. The molecule has 0 saturated carbocycles. The minimum atomic E-state index is -1.14. The number of hydrogen-bond donors (Lipinski definition) is 3. The number of ether oxygens (including phenoxy) is 1. The van der Waals surface area contributed by atoms with Gasteiger partial charge in [0.05, 0.1) is 24.8 Å². The monoisotopic (exact) mass is 267 g/mol. The summed E-state index contributed by atoms with van der Waals surface area (Å²) in [5.74, 6) is -2.44. The number of anilines is 1. The first-order valence-electron chi connectivity index (χ1n) is 5.37. The number of carbonyl (C=O) groups is 3. The van der Waals surface area contributed by atoms with Gasteiger partial charge < -0.3 is 20.3 Å². The Bertz CT molecular complexity index is 511. The lowest BCUT2D eigenvalue weighted by Crippen LogP contribution is -2.14. The second kappa shape index (κ2) is 6.39. The van der Waals surface area contributed by atoms with E-state index in [9.17, 15) is 14.4 Å². The van der Waals surface area contributed by atoms with Crippen molar-refractivity contribution in [2.45, 2.75) is 12.8 Å². The highest BCUT2D eigenvalue weighted by atomic mass is 16.5. The van der Waals surface area contributed by atoms with Crippen molar-refractivity contribution in [2.24, 2.45) is 0 Å². The van der Waals surface area contributed by atoms with E-state index in [1.54, 1.807) is 0 Å². The molecule has 0 aliphatic heterocycles. The first kappa shape index (κ1) is 14.5. The molecule has 0 unspecified atom stereocenters. The summed E-state index contributed by atoms with van der Waals surface area (Å²) in [6.45, 7) is 0. The number of methoxy groups -OCH3 is 1. The van der Waals surface area contributed by atoms with Crippen molar-refractivity contribution in [1.82, 2.24) is 0 Å². The average Bonchev–Trinajstić information content (AvgIpc) is 2.36. The molecule has 3 N–H and O–H groups in total. The molecule has 0 atom stereocenters. The molecule has 0 spiro atoms. The number of amides is 1. The Hall–Kier alpha value is -2.57. The van der Waals surface area contributed by atoms with Crippen LogP contribution in [0.3, 0.4) is 0 Å². The summed E-state index contributed by atoms with van der Waals surface area (Å²) in [7, 11) is 1.38. The van der Waals surface area contributed by atoms with Gasteiger partial charge in [-0.2, -0.15) is 0 Å². The summed E-state index contributed by atoms with van der Waals surface area (Å²) >= 11 is 0. The Labute approximate surface area is 108 Å². The van der Waals surface area contributed by atoms with Crippen LogP contribution in [0.5, 0.6) is 5.75 Å². The van der Waals surface area contributed by atoms with E-state index in [4.69, 9.17) is 14.9 Å². The lowest BCUT2D eigenvalue weighted by Gasteiger charge is -2.10. The van der Waals surface area contributed by atoms with Crippen molar-refractivity contribution in [3.05, 3.63) is 23.8 Å². The molecule has 0 radical (unpaired) electrons. The smallest absolute Gasteiger partial charge is 0.335 e. The second-order valence-corrected chi connectivity index (χ2v) is 3.66. The van der Waals surface area contributed by atoms with Crippen LogP contribution in [0.25, 0.3) is 0 Å². The molecule has 102 valence electrons. The third-order valence-corrected chi connectivity index (χ3v) is 2.29. The largest absolute Gasteiger partial charge is 0.495 e. The molecule has 0 bridgehead atoms. The van der Waals surface area contributed by atoms with E-state index >= 15 is 0 Å². The van der Waals surface area contributed by atoms with Gasteiger partial charge in [-0.3, -0.25) is 9.59 Å². The fourth-order valence-corrected chi connectivity index (χ4v) is 1.37. The maximum Gasteiger partial charge on any atom is 0.335 e. The van der Waals surface area contributed by atoms with Crippen molar-refractivity contribution >= 4 is 23.5 Å². The average molecular weight is 267 g/mol. The van der Waals surface area contributed by atoms with Crippen molar-refractivity contribution in [2.75, 3.05) is 12.4 Å². The molecule has 7 heteroatoms. The highest BCUT2D eigenvalue weighted by molar-refractivity contribution is 5.96. The van der Waals surface area contributed by atoms with Gasteiger partial charge >= 0.3 is 11.9 Å². The topological polar surface area (TPSA) is 113 Å². The molecular formula is C12H13NO6. The summed E-state index contributed by atoms with van der Waals surface area (Å²) in [4.78, 5) is 32.7. The normalized spacial score (nSPS) is 9.74. The zero-order valence-electron chi connectivity index (χ0n) is 10.2. The van der Waals surface area contributed by atoms with Crippen molar-refractivity contribution in [3.63, 3.8) is 0 Å². The number of carboxylic acid groups (broad SMARTS) is 2. The minimum Gasteiger partial charge on any atom is -0.495 e. The number of aromatic carboxylic acids is 1. The number of carbonyl (C=O) groups excluding carboxylic acids is 1. The number of benzene rings is 1. The summed E-state index contributed by atoms with van der Waals surface area (Å²) in [5, 5.41) is 19.7. The maximum atomic E-state index is 11.5. The lowest BCUT2D eigenvalue weighted by atomic mass is 10.2. The Balaban J connectivity index is 2.85. The molecule has 0 aliphatic carbocycles. The molecule has 0 aliphatic rings. The lowest BCUT2D eigenvalue weighted by molar-refractivity contribution is -0.138. The van der Waals surface area contributed by atoms with Crippen LogP contribution in [0.1, 0.15) is 23.2 Å². The van der Waals surface area contributed by atoms with Crippen LogP contribution in [0, 0.1) is 0 Å². The molecule has 0 heterocycles. The summed E-state index contributed by atoms with van der Waals surface area (Å²) in [6.07, 6.45) is -0.497. The Kier molecular flexibility index (Phi) is 4.87. The summed E-state index contributed by atoms with van der Waals surface area (Å²) in [5.41, 5.74) is 0.187. The Morgan fingerprint density at radius 1 is 1.21 bits per heavy atom. The van der Waals surface area contributed by atoms with Gasteiger partial charge in [-0.25, -0.2) is 4.79 Å². The van der Waals surface area contributed by atoms with Gasteiger partial charge in [0, 0.05) is 6.42 Å². The standard InChI is InChI=1S/C12H13NO6/c1-19-9-3-2-7(12(17)18)6-8(9)13-10(14)4-5-11(15)16/h2-3,6H,4-5H2,1H3,(H,13,14)(H,15,16)(H,17,18). The highest BCUT2D eigenvalue weighted by Crippen LogP contribution is 2.25. The van der Waals surface area contributed by atoms with Crippen LogP contribution < -0.4 is 10.1 Å². The van der Waals surface area contributed by atoms with Gasteiger partial charge in [0.1, 0.15) is 5.75 Å². The van der Waals surface area contributed by atoms with Crippen LogP contribution in [-0.2, 0) is 9.59 Å². The third kappa shape index (κ3) is 4.30. The van der Waals surface area contributed by atoms with Crippen molar-refractivity contribution < 1.29 is 29.3 Å². The predicted molar refractivity (Wildman–Crippen MR) is 65.5 cm³/mol. The molecule has 7 nitrogen and oxygen atoms in total. The molecule has 1 aromatic carbocycles. The van der Waals surface area contributed by atoms with Crippen molar-refractivity contribution in [1.29, 1.82) is 0 Å². The number of rotatable bonds is 6. The number of aliphatic carboxylic acids is 1. The van der Waals surface area contributed by atoms with Crippen molar-refractivity contribution in [3.8, 4) is 5.75 Å². The molecule has 1 amide bonds.